The molecule has 0 saturated carbocycles. The molecule has 0 N–H and O–H groups in total. The van der Waals surface area contributed by atoms with Gasteiger partial charge in [0.2, 0.25) is 0 Å². The number of nitrogens with zero attached hydrogens (tertiary/aromatic N) is 1. The molecule has 2 aromatic rings. The zero-order chi connectivity index (χ0) is 23.9. The average molecular weight is 456 g/mol. The van der Waals surface area contributed by atoms with E-state index in [-0.39, 0.29) is 24.0 Å². The molecule has 0 unspecified atom stereocenters. The van der Waals surface area contributed by atoms with E-state index in [2.05, 4.69) is 40.8 Å². The van der Waals surface area contributed by atoms with Gasteiger partial charge < -0.3 is 9.16 Å². The number of hydrogen-bond donors (Lipinski definition) is 0. The second kappa shape index (κ2) is 10.9. The summed E-state index contributed by atoms with van der Waals surface area (Å²) in [5, 5.41) is -0.000264. The van der Waals surface area contributed by atoms with Gasteiger partial charge in [0.15, 0.2) is 14.1 Å². The third kappa shape index (κ3) is 6.30. The molecule has 1 amide bonds. The van der Waals surface area contributed by atoms with Crippen LogP contribution in [0.4, 0.5) is 4.79 Å². The molecule has 0 saturated heterocycles. The predicted octanol–water partition coefficient (Wildman–Crippen LogP) is 6.16. The van der Waals surface area contributed by atoms with E-state index in [1.807, 2.05) is 48.5 Å². The van der Waals surface area contributed by atoms with E-state index in [4.69, 9.17) is 9.16 Å². The first-order valence-electron chi connectivity index (χ1n) is 11.1. The van der Waals surface area contributed by atoms with Gasteiger partial charge in [0.1, 0.15) is 12.6 Å². The van der Waals surface area contributed by atoms with E-state index in [0.717, 1.165) is 5.56 Å². The van der Waals surface area contributed by atoms with Gasteiger partial charge in [-0.15, -0.1) is 0 Å². The molecule has 0 radical (unpaired) electrons. The maximum atomic E-state index is 13.4. The summed E-state index contributed by atoms with van der Waals surface area (Å²) in [6.45, 7) is 13.5. The predicted molar refractivity (Wildman–Crippen MR) is 131 cm³/mol. The fourth-order valence-corrected chi connectivity index (χ4v) is 5.61. The normalized spacial score (nSPS) is 13.0. The van der Waals surface area contributed by atoms with Crippen LogP contribution in [0.5, 0.6) is 0 Å². The molecular weight excluding hydrogens is 418 g/mol. The van der Waals surface area contributed by atoms with Gasteiger partial charge in [0.05, 0.1) is 6.61 Å². The zero-order valence-electron chi connectivity index (χ0n) is 20.4. The van der Waals surface area contributed by atoms with Crippen LogP contribution in [0, 0.1) is 5.92 Å². The van der Waals surface area contributed by atoms with Gasteiger partial charge in [0.25, 0.3) is 0 Å². The van der Waals surface area contributed by atoms with Crippen molar-refractivity contribution in [1.29, 1.82) is 0 Å². The highest BCUT2D eigenvalue weighted by Gasteiger charge is 2.44. The fourth-order valence-electron chi connectivity index (χ4n) is 3.28. The Bertz CT molecular complexity index is 881. The Kier molecular flexibility index (Phi) is 8.81. The Labute approximate surface area is 193 Å². The Morgan fingerprint density at radius 3 is 2.03 bits per heavy atom. The summed E-state index contributed by atoms with van der Waals surface area (Å²) < 4.78 is 11.9. The number of hydrogen-bond acceptors (Lipinski definition) is 4. The van der Waals surface area contributed by atoms with Crippen LogP contribution in [0.3, 0.4) is 0 Å². The third-order valence-electron chi connectivity index (χ3n) is 6.92. The van der Waals surface area contributed by atoms with E-state index in [1.165, 1.54) is 4.90 Å². The van der Waals surface area contributed by atoms with Crippen LogP contribution in [0.1, 0.15) is 43.6 Å². The monoisotopic (exact) mass is 455 g/mol. The molecule has 32 heavy (non-hydrogen) atoms. The molecule has 5 nitrogen and oxygen atoms in total. The van der Waals surface area contributed by atoms with Crippen molar-refractivity contribution in [2.24, 2.45) is 5.92 Å². The number of Topliss-reactive ketones (excluding diaryl/α,β-unsaturated/α-hetero) is 1. The molecule has 0 aromatic heterocycles. The number of rotatable bonds is 10. The number of likely N-dealkylation sites (N-methyl/N-ethyl adjacent to an activating group) is 1. The van der Waals surface area contributed by atoms with Crippen LogP contribution in [-0.4, -0.2) is 44.8 Å². The van der Waals surface area contributed by atoms with Crippen molar-refractivity contribution >= 4 is 20.2 Å². The lowest BCUT2D eigenvalue weighted by atomic mass is 9.99. The minimum Gasteiger partial charge on any atom is -0.445 e. The van der Waals surface area contributed by atoms with Crippen molar-refractivity contribution in [2.45, 2.75) is 58.5 Å². The summed E-state index contributed by atoms with van der Waals surface area (Å²) in [4.78, 5) is 27.5. The highest BCUT2D eigenvalue weighted by molar-refractivity contribution is 6.74. The second-order valence-electron chi connectivity index (χ2n) is 9.59. The van der Waals surface area contributed by atoms with Gasteiger partial charge in [-0.2, -0.15) is 0 Å². The van der Waals surface area contributed by atoms with Crippen molar-refractivity contribution in [2.75, 3.05) is 13.7 Å². The summed E-state index contributed by atoms with van der Waals surface area (Å²) in [6, 6.07) is 17.7. The van der Waals surface area contributed by atoms with Gasteiger partial charge >= 0.3 is 6.09 Å². The van der Waals surface area contributed by atoms with Crippen LogP contribution in [0.15, 0.2) is 60.7 Å². The number of amides is 1. The molecule has 6 heteroatoms. The van der Waals surface area contributed by atoms with Gasteiger partial charge in [-0.1, -0.05) is 88.4 Å². The third-order valence-corrected chi connectivity index (χ3v) is 11.5. The van der Waals surface area contributed by atoms with Crippen molar-refractivity contribution in [3.63, 3.8) is 0 Å². The van der Waals surface area contributed by atoms with Crippen LogP contribution in [-0.2, 0) is 15.8 Å². The molecule has 174 valence electrons. The van der Waals surface area contributed by atoms with E-state index in [0.29, 0.717) is 11.5 Å². The number of carbonyl (C=O) groups excluding carboxylic acids is 2. The number of carbonyl (C=O) groups is 2. The molecule has 2 aromatic carbocycles. The van der Waals surface area contributed by atoms with Gasteiger partial charge in [0, 0.05) is 12.6 Å². The quantitative estimate of drug-likeness (QED) is 0.318. The number of ketones is 1. The Balaban J connectivity index is 2.20. The summed E-state index contributed by atoms with van der Waals surface area (Å²) >= 11 is 0. The largest absolute Gasteiger partial charge is 0.445 e. The minimum atomic E-state index is -2.19. The van der Waals surface area contributed by atoms with Crippen molar-refractivity contribution in [1.82, 2.24) is 4.90 Å². The van der Waals surface area contributed by atoms with Crippen molar-refractivity contribution in [3.05, 3.63) is 71.8 Å². The Morgan fingerprint density at radius 1 is 0.969 bits per heavy atom. The Morgan fingerprint density at radius 2 is 1.50 bits per heavy atom. The summed E-state index contributed by atoms with van der Waals surface area (Å²) in [5.41, 5.74) is 1.44. The van der Waals surface area contributed by atoms with Crippen LogP contribution in [0.2, 0.25) is 18.1 Å². The number of benzene rings is 2. The standard InChI is InChI=1S/C26H37NO4Si/c1-20(2)26(3,4)32(6,7)31-19-23(24(28)22-16-12-9-13-17-22)27(5)25(29)30-18-21-14-10-8-11-15-21/h8-17,20,23H,18-19H2,1-7H3/t23-/m1/s1. The maximum Gasteiger partial charge on any atom is 0.410 e. The second-order valence-corrected chi connectivity index (χ2v) is 14.2. The smallest absolute Gasteiger partial charge is 0.410 e. The lowest BCUT2D eigenvalue weighted by Crippen LogP contribution is -2.51. The van der Waals surface area contributed by atoms with Crippen molar-refractivity contribution in [3.8, 4) is 0 Å². The number of ether oxygens (including phenoxy) is 1. The van der Waals surface area contributed by atoms with E-state index >= 15 is 0 Å². The summed E-state index contributed by atoms with van der Waals surface area (Å²) in [7, 11) is -0.585. The molecule has 1 atom stereocenters. The molecule has 0 aliphatic heterocycles. The molecular formula is C26H37NO4Si. The van der Waals surface area contributed by atoms with Gasteiger partial charge in [-0.3, -0.25) is 9.69 Å². The fraction of sp³-hybridized carbons (Fsp3) is 0.462. The SMILES string of the molecule is CC(C)C(C)(C)[Si](C)(C)OC[C@H](C(=O)c1ccccc1)N(C)C(=O)OCc1ccccc1. The van der Waals surface area contributed by atoms with Crippen LogP contribution in [0.25, 0.3) is 0 Å². The first-order chi connectivity index (χ1) is 15.0. The first kappa shape index (κ1) is 25.8. The highest BCUT2D eigenvalue weighted by atomic mass is 28.4. The van der Waals surface area contributed by atoms with Gasteiger partial charge in [-0.05, 0) is 29.6 Å². The maximum absolute atomic E-state index is 13.4. The van der Waals surface area contributed by atoms with Gasteiger partial charge in [-0.25, -0.2) is 4.79 Å². The van der Waals surface area contributed by atoms with E-state index < -0.39 is 20.5 Å². The molecule has 0 heterocycles. The van der Waals surface area contributed by atoms with E-state index in [1.54, 1.807) is 19.2 Å². The van der Waals surface area contributed by atoms with E-state index in [9.17, 15) is 9.59 Å². The zero-order valence-corrected chi connectivity index (χ0v) is 21.4. The lowest BCUT2D eigenvalue weighted by Gasteiger charge is -2.43. The lowest BCUT2D eigenvalue weighted by molar-refractivity contribution is 0.0616. The molecule has 0 aliphatic rings. The summed E-state index contributed by atoms with van der Waals surface area (Å²) in [6.07, 6.45) is -0.547. The molecule has 0 spiro atoms. The molecule has 0 aliphatic carbocycles. The molecule has 2 rings (SSSR count). The Hall–Kier alpha value is -2.44. The van der Waals surface area contributed by atoms with Crippen LogP contribution < -0.4 is 0 Å². The van der Waals surface area contributed by atoms with Crippen LogP contribution >= 0.6 is 0 Å². The van der Waals surface area contributed by atoms with Crippen molar-refractivity contribution < 1.29 is 18.8 Å². The average Bonchev–Trinajstić information content (AvgIpc) is 2.78. The topological polar surface area (TPSA) is 55.8 Å². The highest BCUT2D eigenvalue weighted by Crippen LogP contribution is 2.44. The minimum absolute atomic E-state index is 0.000264. The molecule has 0 fully saturated rings. The molecule has 0 bridgehead atoms. The first-order valence-corrected chi connectivity index (χ1v) is 14.0. The summed E-state index contributed by atoms with van der Waals surface area (Å²) in [5.74, 6) is 0.276.